The van der Waals surface area contributed by atoms with E-state index in [1.165, 1.54) is 18.2 Å². The van der Waals surface area contributed by atoms with Crippen molar-refractivity contribution in [2.24, 2.45) is 5.14 Å². The van der Waals surface area contributed by atoms with Crippen LogP contribution in [0.4, 0.5) is 23.1 Å². The summed E-state index contributed by atoms with van der Waals surface area (Å²) >= 11 is 0. The van der Waals surface area contributed by atoms with Gasteiger partial charge in [0.2, 0.25) is 16.0 Å². The Morgan fingerprint density at radius 2 is 1.62 bits per heavy atom. The molecule has 11 heteroatoms. The van der Waals surface area contributed by atoms with Crippen LogP contribution in [0.1, 0.15) is 33.5 Å². The first kappa shape index (κ1) is 29.9. The first-order chi connectivity index (χ1) is 20.1. The van der Waals surface area contributed by atoms with Crippen LogP contribution in [0.3, 0.4) is 0 Å². The van der Waals surface area contributed by atoms with Gasteiger partial charge >= 0.3 is 0 Å². The lowest BCUT2D eigenvalue weighted by Gasteiger charge is -2.16. The van der Waals surface area contributed by atoms with Crippen LogP contribution in [0.25, 0.3) is 6.08 Å². The highest BCUT2D eigenvalue weighted by molar-refractivity contribution is 7.89. The van der Waals surface area contributed by atoms with Crippen LogP contribution in [0.5, 0.6) is 0 Å². The van der Waals surface area contributed by atoms with Crippen molar-refractivity contribution in [3.63, 3.8) is 0 Å². The summed E-state index contributed by atoms with van der Waals surface area (Å²) in [6.45, 7) is 5.09. The fourth-order valence-electron chi connectivity index (χ4n) is 4.31. The van der Waals surface area contributed by atoms with E-state index in [0.29, 0.717) is 36.8 Å². The monoisotopic (exact) mass is 578 g/mol. The number of nitriles is 2. The largest absolute Gasteiger partial charge is 0.340 e. The number of rotatable bonds is 11. The van der Waals surface area contributed by atoms with E-state index in [0.717, 1.165) is 39.3 Å². The second-order valence-corrected chi connectivity index (χ2v) is 11.2. The van der Waals surface area contributed by atoms with Crippen molar-refractivity contribution in [1.82, 2.24) is 15.3 Å². The molecule has 0 aliphatic carbocycles. The molecule has 0 bridgehead atoms. The summed E-state index contributed by atoms with van der Waals surface area (Å²) in [5, 5.41) is 33.2. The maximum absolute atomic E-state index is 11.5. The number of primary sulfonamides is 1. The fourth-order valence-corrected chi connectivity index (χ4v) is 4.83. The number of anilines is 4. The maximum Gasteiger partial charge on any atom is 0.238 e. The van der Waals surface area contributed by atoms with Gasteiger partial charge in [0.25, 0.3) is 0 Å². The van der Waals surface area contributed by atoms with Gasteiger partial charge in [-0.25, -0.2) is 18.5 Å². The molecule has 0 saturated heterocycles. The summed E-state index contributed by atoms with van der Waals surface area (Å²) < 4.78 is 23.0. The lowest BCUT2D eigenvalue weighted by atomic mass is 10.0. The SMILES string of the molecule is Cc1cc(/C=C/C#N)cc(C)c1Nc1cc(CNCCc2ccc(S(N)(=O)=O)cc2)nc(Nc2ccc(C#N)cc2)n1. The molecule has 42 heavy (non-hydrogen) atoms. The van der Waals surface area contributed by atoms with Crippen molar-refractivity contribution < 1.29 is 8.42 Å². The number of hydrogen-bond acceptors (Lipinski definition) is 9. The normalized spacial score (nSPS) is 11.2. The van der Waals surface area contributed by atoms with E-state index < -0.39 is 10.0 Å². The number of aromatic nitrogens is 2. The highest BCUT2D eigenvalue weighted by Crippen LogP contribution is 2.27. The highest BCUT2D eigenvalue weighted by atomic mass is 32.2. The Hall–Kier alpha value is -5.07. The minimum absolute atomic E-state index is 0.0845. The Bertz CT molecular complexity index is 1760. The smallest absolute Gasteiger partial charge is 0.238 e. The van der Waals surface area contributed by atoms with Crippen molar-refractivity contribution in [2.75, 3.05) is 17.2 Å². The highest BCUT2D eigenvalue weighted by Gasteiger charge is 2.11. The molecular formula is C31H30N8O2S. The number of aryl methyl sites for hydroxylation is 2. The predicted octanol–water partition coefficient (Wildman–Crippen LogP) is 4.97. The summed E-state index contributed by atoms with van der Waals surface area (Å²) in [6, 6.07) is 23.5. The number of benzene rings is 3. The molecule has 0 radical (unpaired) electrons. The van der Waals surface area contributed by atoms with Crippen molar-refractivity contribution in [1.29, 1.82) is 10.5 Å². The summed E-state index contributed by atoms with van der Waals surface area (Å²) in [5.74, 6) is 0.993. The van der Waals surface area contributed by atoms with Crippen molar-refractivity contribution >= 4 is 39.2 Å². The molecule has 4 aromatic rings. The molecule has 3 aromatic carbocycles. The number of nitrogens with zero attached hydrogens (tertiary/aromatic N) is 4. The molecular weight excluding hydrogens is 548 g/mol. The molecule has 4 rings (SSSR count). The molecule has 0 atom stereocenters. The molecule has 212 valence electrons. The van der Waals surface area contributed by atoms with Gasteiger partial charge in [0, 0.05) is 30.1 Å². The quantitative estimate of drug-likeness (QED) is 0.142. The zero-order valence-electron chi connectivity index (χ0n) is 23.2. The van der Waals surface area contributed by atoms with Crippen LogP contribution in [-0.2, 0) is 23.0 Å². The van der Waals surface area contributed by atoms with Gasteiger partial charge in [0.05, 0.1) is 28.3 Å². The number of sulfonamides is 1. The fraction of sp³-hybridized carbons (Fsp3) is 0.161. The lowest BCUT2D eigenvalue weighted by Crippen LogP contribution is -2.18. The molecule has 0 saturated carbocycles. The Kier molecular flexibility index (Phi) is 9.63. The molecule has 1 aromatic heterocycles. The van der Waals surface area contributed by atoms with Gasteiger partial charge < -0.3 is 16.0 Å². The third-order valence-electron chi connectivity index (χ3n) is 6.36. The van der Waals surface area contributed by atoms with Crippen molar-refractivity contribution in [2.45, 2.75) is 31.7 Å². The molecule has 5 N–H and O–H groups in total. The van der Waals surface area contributed by atoms with Gasteiger partial charge in [-0.15, -0.1) is 0 Å². The summed E-state index contributed by atoms with van der Waals surface area (Å²) in [4.78, 5) is 9.45. The second kappa shape index (κ2) is 13.5. The molecule has 0 unspecified atom stereocenters. The molecule has 0 spiro atoms. The van der Waals surface area contributed by atoms with Crippen LogP contribution in [-0.4, -0.2) is 24.9 Å². The standard InChI is InChI=1S/C31H30N8O2S/c1-21-16-25(4-3-14-32)17-22(2)30(21)38-29-18-27(37-31(39-29)36-26-9-5-24(19-33)6-10-26)20-35-15-13-23-7-11-28(12-8-23)42(34,40)41/h3-12,16-18,35H,13,15,20H2,1-2H3,(H2,34,40,41)(H2,36,37,38,39)/b4-3+. The van der Waals surface area contributed by atoms with Crippen LogP contribution in [0.2, 0.25) is 0 Å². The summed E-state index contributed by atoms with van der Waals surface area (Å²) in [7, 11) is -3.72. The predicted molar refractivity (Wildman–Crippen MR) is 164 cm³/mol. The topological polar surface area (TPSA) is 170 Å². The molecule has 10 nitrogen and oxygen atoms in total. The van der Waals surface area contributed by atoms with Crippen LogP contribution >= 0.6 is 0 Å². The van der Waals surface area contributed by atoms with E-state index in [1.807, 2.05) is 38.1 Å². The summed E-state index contributed by atoms with van der Waals surface area (Å²) in [5.41, 5.74) is 6.87. The van der Waals surface area contributed by atoms with Gasteiger partial charge in [-0.05, 0) is 104 Å². The van der Waals surface area contributed by atoms with Gasteiger partial charge in [-0.2, -0.15) is 15.5 Å². The third-order valence-corrected chi connectivity index (χ3v) is 7.29. The molecule has 0 aliphatic heterocycles. The van der Waals surface area contributed by atoms with Crippen molar-refractivity contribution in [3.05, 3.63) is 106 Å². The molecule has 0 amide bonds. The number of allylic oxidation sites excluding steroid dienone is 1. The Balaban J connectivity index is 1.52. The van der Waals surface area contributed by atoms with Crippen LogP contribution < -0.4 is 21.1 Å². The van der Waals surface area contributed by atoms with Gasteiger partial charge in [-0.1, -0.05) is 12.1 Å². The molecule has 0 fully saturated rings. The first-order valence-electron chi connectivity index (χ1n) is 13.1. The molecule has 1 heterocycles. The maximum atomic E-state index is 11.5. The van der Waals surface area contributed by atoms with E-state index in [2.05, 4.69) is 32.0 Å². The number of hydrogen-bond donors (Lipinski definition) is 4. The van der Waals surface area contributed by atoms with Gasteiger partial charge in [-0.3, -0.25) is 0 Å². The average Bonchev–Trinajstić information content (AvgIpc) is 2.96. The van der Waals surface area contributed by atoms with Crippen molar-refractivity contribution in [3.8, 4) is 12.1 Å². The van der Waals surface area contributed by atoms with E-state index in [-0.39, 0.29) is 4.90 Å². The van der Waals surface area contributed by atoms with Crippen LogP contribution in [0.15, 0.2) is 77.7 Å². The first-order valence-corrected chi connectivity index (χ1v) is 14.6. The Morgan fingerprint density at radius 1 is 0.929 bits per heavy atom. The van der Waals surface area contributed by atoms with E-state index in [4.69, 9.17) is 15.7 Å². The van der Waals surface area contributed by atoms with Crippen LogP contribution in [0, 0.1) is 36.5 Å². The van der Waals surface area contributed by atoms with E-state index >= 15 is 0 Å². The average molecular weight is 579 g/mol. The number of nitrogens with two attached hydrogens (primary N) is 1. The zero-order chi connectivity index (χ0) is 30.1. The number of nitrogens with one attached hydrogen (secondary N) is 3. The second-order valence-electron chi connectivity index (χ2n) is 9.62. The van der Waals surface area contributed by atoms with E-state index in [9.17, 15) is 8.42 Å². The van der Waals surface area contributed by atoms with Gasteiger partial charge in [0.1, 0.15) is 5.82 Å². The minimum atomic E-state index is -3.72. The minimum Gasteiger partial charge on any atom is -0.340 e. The Labute approximate surface area is 245 Å². The molecule has 0 aliphatic rings. The lowest BCUT2D eigenvalue weighted by molar-refractivity contribution is 0.597. The Morgan fingerprint density at radius 3 is 2.24 bits per heavy atom. The zero-order valence-corrected chi connectivity index (χ0v) is 24.0. The van der Waals surface area contributed by atoms with Gasteiger partial charge in [0.15, 0.2) is 0 Å². The van der Waals surface area contributed by atoms with E-state index in [1.54, 1.807) is 42.5 Å². The third kappa shape index (κ3) is 8.22. The summed E-state index contributed by atoms with van der Waals surface area (Å²) in [6.07, 6.45) is 3.90.